The van der Waals surface area contributed by atoms with Crippen LogP contribution in [0.15, 0.2) is 53.9 Å². The number of carbonyl (C=O) groups is 2. The highest BCUT2D eigenvalue weighted by molar-refractivity contribution is 7.14. The van der Waals surface area contributed by atoms with Crippen molar-refractivity contribution in [2.24, 2.45) is 0 Å². The van der Waals surface area contributed by atoms with E-state index in [0.29, 0.717) is 34.4 Å². The van der Waals surface area contributed by atoms with Crippen LogP contribution in [-0.2, 0) is 22.5 Å². The molecule has 3 heterocycles. The molecule has 0 saturated heterocycles. The predicted octanol–water partition coefficient (Wildman–Crippen LogP) is 6.35. The molecule has 1 aliphatic rings. The molecule has 7 nitrogen and oxygen atoms in total. The third-order valence-corrected chi connectivity index (χ3v) is 7.75. The summed E-state index contributed by atoms with van der Waals surface area (Å²) >= 11 is 7.59. The fourth-order valence-corrected chi connectivity index (χ4v) is 5.75. The highest BCUT2D eigenvalue weighted by atomic mass is 35.5. The quantitative estimate of drug-likeness (QED) is 0.258. The maximum Gasteiger partial charge on any atom is 0.340 e. The standard InChI is InChI=1S/C29H29ClN4O3S/c1-3-14-34-15-13-23-20(16-34)26(19-10-6-8-12-22(19)31-23)28(36)37-25(4-2)27(35)33-29-32-24(17-38-29)18-9-5-7-11-21(18)30/h5-12,17,25H,3-4,13-16H2,1-2H3,(H,32,33,35). The molecule has 4 aromatic rings. The Kier molecular flexibility index (Phi) is 8.02. The average Bonchev–Trinajstić information content (AvgIpc) is 3.38. The molecule has 196 valence electrons. The first-order valence-corrected chi connectivity index (χ1v) is 14.1. The minimum Gasteiger partial charge on any atom is -0.449 e. The summed E-state index contributed by atoms with van der Waals surface area (Å²) in [7, 11) is 0. The highest BCUT2D eigenvalue weighted by Gasteiger charge is 2.29. The topological polar surface area (TPSA) is 84.4 Å². The van der Waals surface area contributed by atoms with E-state index in [9.17, 15) is 9.59 Å². The van der Waals surface area contributed by atoms with Crippen molar-refractivity contribution in [1.29, 1.82) is 0 Å². The number of rotatable bonds is 8. The number of hydrogen-bond donors (Lipinski definition) is 1. The molecule has 2 aromatic carbocycles. The van der Waals surface area contributed by atoms with Crippen LogP contribution in [0.3, 0.4) is 0 Å². The Bertz CT molecular complexity index is 1490. The predicted molar refractivity (Wildman–Crippen MR) is 152 cm³/mol. The van der Waals surface area contributed by atoms with Gasteiger partial charge in [-0.3, -0.25) is 20.0 Å². The van der Waals surface area contributed by atoms with Gasteiger partial charge in [0.25, 0.3) is 5.91 Å². The van der Waals surface area contributed by atoms with Crippen LogP contribution in [-0.4, -0.2) is 45.9 Å². The Hall–Kier alpha value is -3.33. The van der Waals surface area contributed by atoms with E-state index in [1.807, 2.05) is 54.8 Å². The van der Waals surface area contributed by atoms with Gasteiger partial charge in [0.05, 0.1) is 16.8 Å². The number of thiazole rings is 1. The largest absolute Gasteiger partial charge is 0.449 e. The van der Waals surface area contributed by atoms with Crippen LogP contribution in [0.4, 0.5) is 5.13 Å². The Morgan fingerprint density at radius 1 is 1.13 bits per heavy atom. The molecule has 0 bridgehead atoms. The number of aromatic nitrogens is 2. The first kappa shape index (κ1) is 26.3. The first-order chi connectivity index (χ1) is 18.5. The van der Waals surface area contributed by atoms with E-state index in [-0.39, 0.29) is 0 Å². The van der Waals surface area contributed by atoms with Gasteiger partial charge in [-0.15, -0.1) is 11.3 Å². The summed E-state index contributed by atoms with van der Waals surface area (Å²) in [6.07, 6.45) is 1.17. The molecule has 38 heavy (non-hydrogen) atoms. The minimum atomic E-state index is -0.965. The van der Waals surface area contributed by atoms with E-state index in [2.05, 4.69) is 22.1 Å². The molecule has 0 spiro atoms. The number of anilines is 1. The van der Waals surface area contributed by atoms with E-state index >= 15 is 0 Å². The van der Waals surface area contributed by atoms with E-state index < -0.39 is 18.0 Å². The number of halogens is 1. The summed E-state index contributed by atoms with van der Waals surface area (Å²) < 4.78 is 5.86. The van der Waals surface area contributed by atoms with Crippen molar-refractivity contribution in [2.45, 2.75) is 45.8 Å². The number of ether oxygens (including phenoxy) is 1. The number of benzene rings is 2. The third-order valence-electron chi connectivity index (χ3n) is 6.67. The van der Waals surface area contributed by atoms with Crippen molar-refractivity contribution >= 4 is 50.8 Å². The lowest BCUT2D eigenvalue weighted by molar-refractivity contribution is -0.124. The van der Waals surface area contributed by atoms with Crippen molar-refractivity contribution in [3.63, 3.8) is 0 Å². The van der Waals surface area contributed by atoms with Crippen molar-refractivity contribution in [3.05, 3.63) is 75.8 Å². The highest BCUT2D eigenvalue weighted by Crippen LogP contribution is 2.31. The third kappa shape index (κ3) is 5.43. The minimum absolute atomic E-state index is 0.327. The summed E-state index contributed by atoms with van der Waals surface area (Å²) in [6.45, 7) is 6.46. The second-order valence-electron chi connectivity index (χ2n) is 9.26. The molecule has 9 heteroatoms. The van der Waals surface area contributed by atoms with E-state index in [4.69, 9.17) is 21.3 Å². The van der Waals surface area contributed by atoms with Gasteiger partial charge in [-0.25, -0.2) is 9.78 Å². The lowest BCUT2D eigenvalue weighted by Crippen LogP contribution is -2.35. The van der Waals surface area contributed by atoms with Crippen molar-refractivity contribution < 1.29 is 14.3 Å². The lowest BCUT2D eigenvalue weighted by Gasteiger charge is -2.29. The molecule has 2 aromatic heterocycles. The Labute approximate surface area is 230 Å². The molecular weight excluding hydrogens is 520 g/mol. The maximum absolute atomic E-state index is 13.7. The lowest BCUT2D eigenvalue weighted by atomic mass is 9.95. The monoisotopic (exact) mass is 548 g/mol. The zero-order valence-corrected chi connectivity index (χ0v) is 22.9. The van der Waals surface area contributed by atoms with Crippen LogP contribution >= 0.6 is 22.9 Å². The summed E-state index contributed by atoms with van der Waals surface area (Å²) in [5, 5.41) is 6.39. The molecule has 5 rings (SSSR count). The average molecular weight is 549 g/mol. The number of amides is 1. The van der Waals surface area contributed by atoms with Gasteiger partial charge >= 0.3 is 5.97 Å². The Morgan fingerprint density at radius 2 is 1.92 bits per heavy atom. The SMILES string of the molecule is CCCN1CCc2nc3ccccc3c(C(=O)OC(CC)C(=O)Nc3nc(-c4ccccc4Cl)cs3)c2C1. The zero-order chi connectivity index (χ0) is 26.6. The fraction of sp³-hybridized carbons (Fsp3) is 0.310. The second-order valence-corrected chi connectivity index (χ2v) is 10.5. The van der Waals surface area contributed by atoms with Crippen molar-refractivity contribution in [2.75, 3.05) is 18.4 Å². The summed E-state index contributed by atoms with van der Waals surface area (Å²) in [5.74, 6) is -0.920. The van der Waals surface area contributed by atoms with Crippen LogP contribution in [0.5, 0.6) is 0 Å². The molecular formula is C29H29ClN4O3S. The summed E-state index contributed by atoms with van der Waals surface area (Å²) in [4.78, 5) is 38.5. The molecule has 1 unspecified atom stereocenters. The molecule has 1 atom stereocenters. The van der Waals surface area contributed by atoms with Crippen LogP contribution in [0, 0.1) is 0 Å². The van der Waals surface area contributed by atoms with E-state index in [0.717, 1.165) is 53.7 Å². The Balaban J connectivity index is 1.38. The molecule has 0 aliphatic carbocycles. The molecule has 1 amide bonds. The van der Waals surface area contributed by atoms with Crippen LogP contribution in [0.2, 0.25) is 5.02 Å². The van der Waals surface area contributed by atoms with E-state index in [1.54, 1.807) is 6.07 Å². The van der Waals surface area contributed by atoms with Crippen molar-refractivity contribution in [3.8, 4) is 11.3 Å². The normalized spacial score (nSPS) is 14.2. The molecule has 0 radical (unpaired) electrons. The molecule has 0 fully saturated rings. The van der Waals surface area contributed by atoms with Crippen LogP contribution in [0.25, 0.3) is 22.2 Å². The van der Waals surface area contributed by atoms with Gasteiger partial charge in [-0.1, -0.05) is 61.8 Å². The van der Waals surface area contributed by atoms with Gasteiger partial charge in [0.2, 0.25) is 0 Å². The number of carbonyl (C=O) groups excluding carboxylic acids is 2. The number of fused-ring (bicyclic) bond motifs is 2. The smallest absolute Gasteiger partial charge is 0.340 e. The number of hydrogen-bond acceptors (Lipinski definition) is 7. The molecule has 0 saturated carbocycles. The van der Waals surface area contributed by atoms with Crippen LogP contribution in [0.1, 0.15) is 48.3 Å². The number of para-hydroxylation sites is 1. The summed E-state index contributed by atoms with van der Waals surface area (Å²) in [5.41, 5.74) is 4.55. The number of nitrogens with one attached hydrogen (secondary N) is 1. The van der Waals surface area contributed by atoms with Gasteiger partial charge in [-0.2, -0.15) is 0 Å². The number of nitrogens with zero attached hydrogens (tertiary/aromatic N) is 3. The van der Waals surface area contributed by atoms with Gasteiger partial charge in [0.1, 0.15) is 0 Å². The number of pyridine rings is 1. The summed E-state index contributed by atoms with van der Waals surface area (Å²) in [6, 6.07) is 15.0. The van der Waals surface area contributed by atoms with Gasteiger partial charge in [0.15, 0.2) is 11.2 Å². The van der Waals surface area contributed by atoms with Crippen LogP contribution < -0.4 is 5.32 Å². The van der Waals surface area contributed by atoms with Crippen molar-refractivity contribution in [1.82, 2.24) is 14.9 Å². The number of esters is 1. The Morgan fingerprint density at radius 3 is 2.71 bits per heavy atom. The molecule has 1 aliphatic heterocycles. The first-order valence-electron chi connectivity index (χ1n) is 12.8. The van der Waals surface area contributed by atoms with Gasteiger partial charge < -0.3 is 4.74 Å². The van der Waals surface area contributed by atoms with Gasteiger partial charge in [0, 0.05) is 52.1 Å². The molecule has 1 N–H and O–H groups in total. The second kappa shape index (κ2) is 11.6. The van der Waals surface area contributed by atoms with Gasteiger partial charge in [-0.05, 0) is 31.5 Å². The zero-order valence-electron chi connectivity index (χ0n) is 21.4. The van der Waals surface area contributed by atoms with E-state index in [1.165, 1.54) is 11.3 Å². The fourth-order valence-electron chi connectivity index (χ4n) is 4.81. The maximum atomic E-state index is 13.7.